The summed E-state index contributed by atoms with van der Waals surface area (Å²) in [7, 11) is 0. The van der Waals surface area contributed by atoms with Gasteiger partial charge in [0.1, 0.15) is 5.75 Å². The number of nitriles is 1. The predicted octanol–water partition coefficient (Wildman–Crippen LogP) is 3.42. The number of nitrogens with zero attached hydrogens (tertiary/aromatic N) is 1. The molecule has 1 aromatic rings. The number of halogens is 4. The second-order valence-corrected chi connectivity index (χ2v) is 4.72. The zero-order valence-corrected chi connectivity index (χ0v) is 10.7. The Balaban J connectivity index is 3.19. The molecule has 0 bridgehead atoms. The molecule has 0 aliphatic rings. The van der Waals surface area contributed by atoms with Gasteiger partial charge in [0.25, 0.3) is 0 Å². The van der Waals surface area contributed by atoms with Crippen molar-refractivity contribution in [3.05, 3.63) is 29.3 Å². The molecular formula is C11H7BrF3NO2. The molecule has 7 heteroatoms. The number of alkyl halides is 4. The van der Waals surface area contributed by atoms with E-state index in [0.29, 0.717) is 0 Å². The molecule has 0 saturated heterocycles. The first kappa shape index (κ1) is 14.5. The van der Waals surface area contributed by atoms with E-state index in [0.717, 1.165) is 18.2 Å². The van der Waals surface area contributed by atoms with Crippen LogP contribution in [0.1, 0.15) is 22.8 Å². The van der Waals surface area contributed by atoms with Crippen LogP contribution < -0.4 is 4.74 Å². The summed E-state index contributed by atoms with van der Waals surface area (Å²) < 4.78 is 39.8. The van der Waals surface area contributed by atoms with Crippen LogP contribution >= 0.6 is 15.9 Å². The van der Waals surface area contributed by atoms with Gasteiger partial charge in [0.05, 0.1) is 16.5 Å². The number of ether oxygens (including phenoxy) is 1. The lowest BCUT2D eigenvalue weighted by atomic mass is 10.0. The first-order valence-electron chi connectivity index (χ1n) is 4.73. The van der Waals surface area contributed by atoms with E-state index >= 15 is 0 Å². The van der Waals surface area contributed by atoms with Gasteiger partial charge in [-0.05, 0) is 25.1 Å². The molecule has 0 radical (unpaired) electrons. The highest BCUT2D eigenvalue weighted by atomic mass is 79.9. The number of carbonyl (C=O) groups excluding carboxylic acids is 1. The number of ketones is 1. The number of hydrogen-bond acceptors (Lipinski definition) is 3. The van der Waals surface area contributed by atoms with Crippen LogP contribution in [-0.4, -0.2) is 17.0 Å². The minimum Gasteiger partial charge on any atom is -0.406 e. The summed E-state index contributed by atoms with van der Waals surface area (Å²) in [6, 6.07) is 4.75. The lowest BCUT2D eigenvalue weighted by Crippen LogP contribution is -2.18. The largest absolute Gasteiger partial charge is 0.573 e. The monoisotopic (exact) mass is 321 g/mol. The van der Waals surface area contributed by atoms with Gasteiger partial charge in [-0.1, -0.05) is 15.9 Å². The van der Waals surface area contributed by atoms with Crippen LogP contribution in [-0.2, 0) is 0 Å². The number of rotatable bonds is 3. The predicted molar refractivity (Wildman–Crippen MR) is 60.6 cm³/mol. The second-order valence-electron chi connectivity index (χ2n) is 3.35. The first-order valence-corrected chi connectivity index (χ1v) is 5.64. The molecule has 1 aromatic carbocycles. The minimum atomic E-state index is -4.84. The highest BCUT2D eigenvalue weighted by molar-refractivity contribution is 9.10. The van der Waals surface area contributed by atoms with Gasteiger partial charge in [-0.3, -0.25) is 4.79 Å². The smallest absolute Gasteiger partial charge is 0.406 e. The Morgan fingerprint density at radius 3 is 2.56 bits per heavy atom. The van der Waals surface area contributed by atoms with Crippen LogP contribution in [0, 0.1) is 11.3 Å². The summed E-state index contributed by atoms with van der Waals surface area (Å²) in [5.74, 6) is -1.02. The Hall–Kier alpha value is -1.55. The van der Waals surface area contributed by atoms with E-state index in [4.69, 9.17) is 5.26 Å². The van der Waals surface area contributed by atoms with E-state index in [1.54, 1.807) is 6.07 Å². The summed E-state index contributed by atoms with van der Waals surface area (Å²) in [5, 5.41) is 8.79. The Kier molecular flexibility index (Phi) is 4.35. The average molecular weight is 322 g/mol. The summed E-state index contributed by atoms with van der Waals surface area (Å²) >= 11 is 3.00. The van der Waals surface area contributed by atoms with Gasteiger partial charge in [-0.25, -0.2) is 0 Å². The molecule has 3 nitrogen and oxygen atoms in total. The highest BCUT2D eigenvalue weighted by Crippen LogP contribution is 2.26. The Labute approximate surface area is 109 Å². The average Bonchev–Trinajstić information content (AvgIpc) is 2.25. The molecule has 0 amide bonds. The van der Waals surface area contributed by atoms with Crippen molar-refractivity contribution in [3.8, 4) is 11.8 Å². The molecule has 0 heterocycles. The van der Waals surface area contributed by atoms with Gasteiger partial charge in [-0.15, -0.1) is 13.2 Å². The molecule has 0 N–H and O–H groups in total. The van der Waals surface area contributed by atoms with Crippen molar-refractivity contribution < 1.29 is 22.7 Å². The molecule has 96 valence electrons. The molecule has 18 heavy (non-hydrogen) atoms. The van der Waals surface area contributed by atoms with E-state index in [1.807, 2.05) is 0 Å². The number of Topliss-reactive ketones (excluding diaryl/α,β-unsaturated/α-hetero) is 1. The SMILES string of the molecule is CC(Br)C(=O)c1cc(OC(F)(F)F)ccc1C#N. The third kappa shape index (κ3) is 3.74. The van der Waals surface area contributed by atoms with Crippen molar-refractivity contribution >= 4 is 21.7 Å². The molecule has 0 aliphatic heterocycles. The lowest BCUT2D eigenvalue weighted by Gasteiger charge is -2.11. The fourth-order valence-electron chi connectivity index (χ4n) is 1.24. The van der Waals surface area contributed by atoms with Gasteiger partial charge in [0, 0.05) is 5.56 Å². The van der Waals surface area contributed by atoms with E-state index in [2.05, 4.69) is 20.7 Å². The molecule has 0 aromatic heterocycles. The maximum absolute atomic E-state index is 12.0. The summed E-state index contributed by atoms with van der Waals surface area (Å²) in [4.78, 5) is 11.1. The normalized spacial score (nSPS) is 12.7. The van der Waals surface area contributed by atoms with Crippen LogP contribution in [0.15, 0.2) is 18.2 Å². The third-order valence-electron chi connectivity index (χ3n) is 1.97. The van der Waals surface area contributed by atoms with Crippen LogP contribution in [0.4, 0.5) is 13.2 Å². The maximum atomic E-state index is 12.0. The third-order valence-corrected chi connectivity index (χ3v) is 2.39. The molecule has 0 aliphatic carbocycles. The van der Waals surface area contributed by atoms with Crippen LogP contribution in [0.2, 0.25) is 0 Å². The van der Waals surface area contributed by atoms with Crippen molar-refractivity contribution in [2.75, 3.05) is 0 Å². The number of hydrogen-bond donors (Lipinski definition) is 0. The van der Waals surface area contributed by atoms with Gasteiger partial charge in [-0.2, -0.15) is 5.26 Å². The molecule has 0 fully saturated rings. The van der Waals surface area contributed by atoms with Crippen molar-refractivity contribution in [1.29, 1.82) is 5.26 Å². The molecule has 0 spiro atoms. The zero-order chi connectivity index (χ0) is 13.9. The van der Waals surface area contributed by atoms with E-state index in [9.17, 15) is 18.0 Å². The molecular weight excluding hydrogens is 315 g/mol. The Bertz CT molecular complexity index is 506. The van der Waals surface area contributed by atoms with Gasteiger partial charge in [0.15, 0.2) is 5.78 Å². The van der Waals surface area contributed by atoms with E-state index in [-0.39, 0.29) is 11.1 Å². The summed E-state index contributed by atoms with van der Waals surface area (Å²) in [5.41, 5.74) is -0.107. The van der Waals surface area contributed by atoms with Crippen molar-refractivity contribution in [2.45, 2.75) is 18.1 Å². The summed E-state index contributed by atoms with van der Waals surface area (Å²) in [6.07, 6.45) is -4.84. The van der Waals surface area contributed by atoms with Gasteiger partial charge in [0.2, 0.25) is 0 Å². The van der Waals surface area contributed by atoms with E-state index < -0.39 is 22.7 Å². The topological polar surface area (TPSA) is 50.1 Å². The van der Waals surface area contributed by atoms with Crippen LogP contribution in [0.3, 0.4) is 0 Å². The fraction of sp³-hybridized carbons (Fsp3) is 0.273. The van der Waals surface area contributed by atoms with Crippen LogP contribution in [0.5, 0.6) is 5.75 Å². The second kappa shape index (κ2) is 5.40. The molecule has 1 rings (SSSR count). The number of benzene rings is 1. The maximum Gasteiger partial charge on any atom is 0.573 e. The molecule has 1 atom stereocenters. The van der Waals surface area contributed by atoms with Crippen LogP contribution in [0.25, 0.3) is 0 Å². The quantitative estimate of drug-likeness (QED) is 0.633. The fourth-order valence-corrected chi connectivity index (χ4v) is 1.48. The summed E-state index contributed by atoms with van der Waals surface area (Å²) in [6.45, 7) is 1.51. The highest BCUT2D eigenvalue weighted by Gasteiger charge is 2.31. The van der Waals surface area contributed by atoms with E-state index in [1.165, 1.54) is 6.92 Å². The number of carbonyl (C=O) groups is 1. The van der Waals surface area contributed by atoms with Crippen molar-refractivity contribution in [2.24, 2.45) is 0 Å². The Morgan fingerprint density at radius 2 is 2.11 bits per heavy atom. The van der Waals surface area contributed by atoms with Crippen molar-refractivity contribution in [3.63, 3.8) is 0 Å². The van der Waals surface area contributed by atoms with Crippen molar-refractivity contribution in [1.82, 2.24) is 0 Å². The molecule has 1 unspecified atom stereocenters. The van der Waals surface area contributed by atoms with Gasteiger partial charge >= 0.3 is 6.36 Å². The zero-order valence-electron chi connectivity index (χ0n) is 9.08. The Morgan fingerprint density at radius 1 is 1.50 bits per heavy atom. The standard InChI is InChI=1S/C11H7BrF3NO2/c1-6(12)10(17)9-4-8(18-11(13,14)15)3-2-7(9)5-16/h2-4,6H,1H3. The first-order chi connectivity index (χ1) is 8.24. The minimum absolute atomic E-state index is 0.000763. The molecule has 0 saturated carbocycles. The lowest BCUT2D eigenvalue weighted by molar-refractivity contribution is -0.274. The van der Waals surface area contributed by atoms with Gasteiger partial charge < -0.3 is 4.74 Å².